The van der Waals surface area contributed by atoms with Crippen molar-refractivity contribution in [2.75, 3.05) is 13.1 Å². The molecule has 2 saturated heterocycles. The van der Waals surface area contributed by atoms with E-state index in [9.17, 15) is 0 Å². The van der Waals surface area contributed by atoms with Crippen molar-refractivity contribution in [2.45, 2.75) is 58.3 Å². The summed E-state index contributed by atoms with van der Waals surface area (Å²) in [6, 6.07) is 2.25. The molecule has 2 aliphatic heterocycles. The van der Waals surface area contributed by atoms with Gasteiger partial charge in [-0.25, -0.2) is 4.98 Å². The van der Waals surface area contributed by atoms with E-state index >= 15 is 0 Å². The third kappa shape index (κ3) is 2.22. The first kappa shape index (κ1) is 12.6. The Bertz CT molecular complexity index is 403. The summed E-state index contributed by atoms with van der Waals surface area (Å²) in [5.74, 6) is 0. The van der Waals surface area contributed by atoms with Gasteiger partial charge in [0.1, 0.15) is 5.01 Å². The van der Waals surface area contributed by atoms with E-state index in [0.717, 1.165) is 25.0 Å². The van der Waals surface area contributed by atoms with Crippen LogP contribution in [0.4, 0.5) is 0 Å². The Morgan fingerprint density at radius 2 is 2.11 bits per heavy atom. The lowest BCUT2D eigenvalue weighted by Gasteiger charge is -2.57. The standard InChI is InChI=1S/C14H23N3S/c1-4-11-9-18-14(15-11)8-17-12-5-13(17)7-16(6-12)10(2)3/h9-10,12-13H,4-8H2,1-3H3. The monoisotopic (exact) mass is 265 g/mol. The van der Waals surface area contributed by atoms with E-state index in [1.54, 1.807) is 0 Å². The Balaban J connectivity index is 1.60. The summed E-state index contributed by atoms with van der Waals surface area (Å²) in [5.41, 5.74) is 1.25. The molecule has 2 unspecified atom stereocenters. The van der Waals surface area contributed by atoms with E-state index in [1.807, 2.05) is 11.3 Å². The molecular formula is C14H23N3S. The Morgan fingerprint density at radius 3 is 2.67 bits per heavy atom. The highest BCUT2D eigenvalue weighted by molar-refractivity contribution is 7.09. The van der Waals surface area contributed by atoms with Crippen molar-refractivity contribution in [1.82, 2.24) is 14.8 Å². The molecule has 2 aliphatic rings. The third-order valence-corrected chi connectivity index (χ3v) is 5.26. The van der Waals surface area contributed by atoms with Crippen molar-refractivity contribution in [3.8, 4) is 0 Å². The van der Waals surface area contributed by atoms with Crippen LogP contribution in [0.25, 0.3) is 0 Å². The highest BCUT2D eigenvalue weighted by atomic mass is 32.1. The first-order chi connectivity index (χ1) is 8.67. The van der Waals surface area contributed by atoms with Crippen LogP contribution in [-0.4, -0.2) is 46.0 Å². The number of aryl methyl sites for hydroxylation is 1. The number of nitrogens with zero attached hydrogens (tertiary/aromatic N) is 3. The van der Waals surface area contributed by atoms with Crippen molar-refractivity contribution < 1.29 is 0 Å². The molecule has 0 saturated carbocycles. The maximum Gasteiger partial charge on any atom is 0.107 e. The molecule has 1 aromatic heterocycles. The second-order valence-electron chi connectivity index (χ2n) is 5.85. The van der Waals surface area contributed by atoms with Crippen LogP contribution >= 0.6 is 11.3 Å². The largest absolute Gasteiger partial charge is 0.298 e. The van der Waals surface area contributed by atoms with Gasteiger partial charge in [-0.1, -0.05) is 6.92 Å². The number of likely N-dealkylation sites (tertiary alicyclic amines) is 2. The SMILES string of the molecule is CCc1csc(CN2C3CC2CN(C(C)C)C3)n1. The van der Waals surface area contributed by atoms with Gasteiger partial charge >= 0.3 is 0 Å². The fourth-order valence-corrected chi connectivity index (χ4v) is 4.02. The van der Waals surface area contributed by atoms with Gasteiger partial charge in [0.25, 0.3) is 0 Å². The Kier molecular flexibility index (Phi) is 3.43. The summed E-state index contributed by atoms with van der Waals surface area (Å²) in [6.07, 6.45) is 2.46. The zero-order valence-corrected chi connectivity index (χ0v) is 12.4. The van der Waals surface area contributed by atoms with E-state index in [-0.39, 0.29) is 0 Å². The predicted octanol–water partition coefficient (Wildman–Crippen LogP) is 2.37. The van der Waals surface area contributed by atoms with Crippen molar-refractivity contribution in [3.05, 3.63) is 16.1 Å². The molecule has 3 rings (SSSR count). The van der Waals surface area contributed by atoms with Gasteiger partial charge in [-0.2, -0.15) is 0 Å². The molecule has 0 aromatic carbocycles. The Morgan fingerprint density at radius 1 is 1.39 bits per heavy atom. The van der Waals surface area contributed by atoms with Crippen LogP contribution in [0.2, 0.25) is 0 Å². The molecule has 3 heterocycles. The zero-order chi connectivity index (χ0) is 12.7. The minimum atomic E-state index is 0.698. The summed E-state index contributed by atoms with van der Waals surface area (Å²) < 4.78 is 0. The maximum absolute atomic E-state index is 4.70. The molecule has 0 radical (unpaired) electrons. The van der Waals surface area contributed by atoms with Gasteiger partial charge in [0.2, 0.25) is 0 Å². The molecule has 3 nitrogen and oxygen atoms in total. The molecule has 2 fully saturated rings. The molecule has 0 aliphatic carbocycles. The van der Waals surface area contributed by atoms with Crippen molar-refractivity contribution in [2.24, 2.45) is 0 Å². The molecule has 2 atom stereocenters. The van der Waals surface area contributed by atoms with E-state index in [4.69, 9.17) is 4.98 Å². The lowest BCUT2D eigenvalue weighted by molar-refractivity contribution is -0.0835. The van der Waals surface area contributed by atoms with E-state index < -0.39 is 0 Å². The first-order valence-electron chi connectivity index (χ1n) is 7.10. The molecule has 2 bridgehead atoms. The molecular weight excluding hydrogens is 242 g/mol. The maximum atomic E-state index is 4.70. The number of rotatable bonds is 4. The highest BCUT2D eigenvalue weighted by Crippen LogP contribution is 2.34. The molecule has 0 N–H and O–H groups in total. The van der Waals surface area contributed by atoms with Crippen molar-refractivity contribution in [1.29, 1.82) is 0 Å². The Hall–Kier alpha value is -0.450. The van der Waals surface area contributed by atoms with Crippen LogP contribution < -0.4 is 0 Å². The average molecular weight is 265 g/mol. The lowest BCUT2D eigenvalue weighted by atomic mass is 9.87. The van der Waals surface area contributed by atoms with Gasteiger partial charge in [0, 0.05) is 36.6 Å². The number of aromatic nitrogens is 1. The fraction of sp³-hybridized carbons (Fsp3) is 0.786. The minimum absolute atomic E-state index is 0.698. The van der Waals surface area contributed by atoms with Gasteiger partial charge < -0.3 is 0 Å². The molecule has 100 valence electrons. The number of hydrogen-bond acceptors (Lipinski definition) is 4. The smallest absolute Gasteiger partial charge is 0.107 e. The van der Waals surface area contributed by atoms with Crippen LogP contribution in [0.3, 0.4) is 0 Å². The van der Waals surface area contributed by atoms with Crippen LogP contribution in [0.15, 0.2) is 5.38 Å². The number of thiazole rings is 1. The number of piperidine rings is 1. The summed E-state index contributed by atoms with van der Waals surface area (Å²) in [6.45, 7) is 10.4. The van der Waals surface area contributed by atoms with Gasteiger partial charge in [-0.05, 0) is 26.7 Å². The fourth-order valence-electron chi connectivity index (χ4n) is 3.14. The summed E-state index contributed by atoms with van der Waals surface area (Å²) >= 11 is 1.83. The summed E-state index contributed by atoms with van der Waals surface area (Å²) in [7, 11) is 0. The topological polar surface area (TPSA) is 19.4 Å². The normalized spacial score (nSPS) is 28.7. The molecule has 18 heavy (non-hydrogen) atoms. The second-order valence-corrected chi connectivity index (χ2v) is 6.79. The number of fused-ring (bicyclic) bond motifs is 2. The molecule has 0 spiro atoms. The minimum Gasteiger partial charge on any atom is -0.298 e. The van der Waals surface area contributed by atoms with Crippen molar-refractivity contribution in [3.63, 3.8) is 0 Å². The van der Waals surface area contributed by atoms with Crippen molar-refractivity contribution >= 4 is 11.3 Å². The number of piperazine rings is 1. The average Bonchev–Trinajstić information content (AvgIpc) is 2.83. The first-order valence-corrected chi connectivity index (χ1v) is 7.98. The number of hydrogen-bond donors (Lipinski definition) is 0. The Labute approximate surface area is 114 Å². The second kappa shape index (κ2) is 4.91. The van der Waals surface area contributed by atoms with Crippen LogP contribution in [0.1, 0.15) is 37.9 Å². The third-order valence-electron chi connectivity index (χ3n) is 4.38. The highest BCUT2D eigenvalue weighted by Gasteiger charge is 2.44. The molecule has 0 amide bonds. The summed E-state index contributed by atoms with van der Waals surface area (Å²) in [5, 5.41) is 3.52. The van der Waals surface area contributed by atoms with Gasteiger partial charge in [-0.15, -0.1) is 11.3 Å². The zero-order valence-electron chi connectivity index (χ0n) is 11.6. The molecule has 1 aromatic rings. The van der Waals surface area contributed by atoms with Gasteiger partial charge in [0.05, 0.1) is 12.2 Å². The van der Waals surface area contributed by atoms with E-state index in [0.29, 0.717) is 6.04 Å². The summed E-state index contributed by atoms with van der Waals surface area (Å²) in [4.78, 5) is 9.98. The van der Waals surface area contributed by atoms with Crippen LogP contribution in [0, 0.1) is 0 Å². The predicted molar refractivity (Wildman–Crippen MR) is 75.9 cm³/mol. The van der Waals surface area contributed by atoms with Gasteiger partial charge in [0.15, 0.2) is 0 Å². The molecule has 4 heteroatoms. The quantitative estimate of drug-likeness (QED) is 0.833. The van der Waals surface area contributed by atoms with Crippen LogP contribution in [0.5, 0.6) is 0 Å². The van der Waals surface area contributed by atoms with Crippen LogP contribution in [-0.2, 0) is 13.0 Å². The van der Waals surface area contributed by atoms with Gasteiger partial charge in [-0.3, -0.25) is 9.80 Å². The lowest BCUT2D eigenvalue weighted by Crippen LogP contribution is -2.68. The van der Waals surface area contributed by atoms with E-state index in [2.05, 4.69) is 36.0 Å². The van der Waals surface area contributed by atoms with E-state index in [1.165, 1.54) is 30.2 Å².